The summed E-state index contributed by atoms with van der Waals surface area (Å²) in [6.45, 7) is 0.904. The van der Waals surface area contributed by atoms with Crippen molar-refractivity contribution in [1.29, 1.82) is 0 Å². The first kappa shape index (κ1) is 18.1. The van der Waals surface area contributed by atoms with Gasteiger partial charge in [0, 0.05) is 0 Å². The second-order valence-electron chi connectivity index (χ2n) is 2.26. The minimum atomic E-state index is -5.21. The van der Waals surface area contributed by atoms with Crippen LogP contribution in [0.4, 0.5) is 13.2 Å². The summed E-state index contributed by atoms with van der Waals surface area (Å²) >= 11 is 0. The van der Waals surface area contributed by atoms with Gasteiger partial charge in [0.2, 0.25) is 0 Å². The predicted octanol–water partition coefficient (Wildman–Crippen LogP) is -0.948. The molecule has 0 fully saturated rings. The minimum absolute atomic E-state index is 0. The fraction of sp³-hybridized carbons (Fsp3) is 0.800. The third-order valence-corrected chi connectivity index (χ3v) is 1.49. The van der Waals surface area contributed by atoms with Gasteiger partial charge in [0.25, 0.3) is 6.10 Å². The summed E-state index contributed by atoms with van der Waals surface area (Å²) in [5.74, 6) is -1.86. The number of carbonyl (C=O) groups excluding carboxylic acids is 1. The molecule has 1 atom stereocenters. The van der Waals surface area contributed by atoms with Crippen molar-refractivity contribution in [3.05, 3.63) is 0 Å². The number of hydrogen-bond donors (Lipinski definition) is 1. The van der Waals surface area contributed by atoms with Crippen LogP contribution in [-0.2, 0) is 24.0 Å². The van der Waals surface area contributed by atoms with Crippen molar-refractivity contribution < 1.29 is 35.3 Å². The number of esters is 1. The third-order valence-electron chi connectivity index (χ3n) is 1.03. The third kappa shape index (κ3) is 7.08. The molecular weight excluding hydrogens is 250 g/mol. The van der Waals surface area contributed by atoms with Crippen LogP contribution < -0.4 is 5.14 Å². The van der Waals surface area contributed by atoms with Crippen LogP contribution in [0.3, 0.4) is 0 Å². The Kier molecular flexibility index (Phi) is 7.31. The maximum atomic E-state index is 12.1. The van der Waals surface area contributed by atoms with Crippen LogP contribution in [0.2, 0.25) is 0 Å². The second kappa shape index (κ2) is 6.46. The number of nitrogens with two attached hydrogens (primary N) is 1. The van der Waals surface area contributed by atoms with E-state index in [0.29, 0.717) is 0 Å². The molecule has 11 heteroatoms. The van der Waals surface area contributed by atoms with Crippen LogP contribution in [0.15, 0.2) is 0 Å². The van der Waals surface area contributed by atoms with Crippen LogP contribution >= 0.6 is 0 Å². The van der Waals surface area contributed by atoms with E-state index in [-0.39, 0.29) is 25.5 Å². The standard InChI is InChI=1S/C5H8F3NO5S.Li.H/c1-2-13-4(10)3(5(6,7)8)14-15(9,11)12;;/h3H,2H2,1H3,(H2,9,11,12);;. The van der Waals surface area contributed by atoms with Crippen molar-refractivity contribution in [3.63, 3.8) is 0 Å². The molecule has 0 aliphatic carbocycles. The van der Waals surface area contributed by atoms with Gasteiger partial charge in [0.1, 0.15) is 0 Å². The molecule has 0 aliphatic heterocycles. The molecule has 0 aromatic heterocycles. The topological polar surface area (TPSA) is 95.7 Å². The van der Waals surface area contributed by atoms with E-state index in [1.165, 1.54) is 6.92 Å². The summed E-state index contributed by atoms with van der Waals surface area (Å²) in [7, 11) is -4.89. The molecule has 16 heavy (non-hydrogen) atoms. The molecule has 92 valence electrons. The molecule has 0 aromatic carbocycles. The number of ether oxygens (including phenoxy) is 1. The second-order valence-corrected chi connectivity index (χ2v) is 3.44. The molecule has 0 spiro atoms. The number of halogens is 3. The summed E-state index contributed by atoms with van der Waals surface area (Å²) < 4.78 is 64.1. The van der Waals surface area contributed by atoms with Crippen molar-refractivity contribution in [2.24, 2.45) is 5.14 Å². The fourth-order valence-electron chi connectivity index (χ4n) is 0.580. The van der Waals surface area contributed by atoms with Gasteiger partial charge >= 0.3 is 41.3 Å². The average Bonchev–Trinajstić information content (AvgIpc) is 1.97. The first-order valence-electron chi connectivity index (χ1n) is 3.52. The number of hydrogen-bond acceptors (Lipinski definition) is 5. The Morgan fingerprint density at radius 2 is 1.88 bits per heavy atom. The van der Waals surface area contributed by atoms with Gasteiger partial charge in [-0.05, 0) is 6.92 Å². The zero-order valence-electron chi connectivity index (χ0n) is 7.45. The SMILES string of the molecule is CCOC(=O)C(OS(N)(=O)=O)C(F)(F)F.[LiH]. The van der Waals surface area contributed by atoms with Gasteiger partial charge in [-0.1, -0.05) is 0 Å². The Morgan fingerprint density at radius 3 is 2.12 bits per heavy atom. The normalized spacial score (nSPS) is 13.8. The Hall–Kier alpha value is -0.273. The summed E-state index contributed by atoms with van der Waals surface area (Å²) in [5, 5.41) is 4.21. The van der Waals surface area contributed by atoms with E-state index in [1.807, 2.05) is 0 Å². The Morgan fingerprint density at radius 1 is 1.44 bits per heavy atom. The molecule has 2 N–H and O–H groups in total. The Balaban J connectivity index is 0. The molecule has 0 bridgehead atoms. The Bertz CT molecular complexity index is 329. The molecule has 0 amide bonds. The van der Waals surface area contributed by atoms with Crippen LogP contribution in [0.25, 0.3) is 0 Å². The van der Waals surface area contributed by atoms with Gasteiger partial charge in [-0.2, -0.15) is 21.6 Å². The van der Waals surface area contributed by atoms with Crippen molar-refractivity contribution in [1.82, 2.24) is 0 Å². The molecule has 1 unspecified atom stereocenters. The molecule has 0 rings (SSSR count). The van der Waals surface area contributed by atoms with Crippen LogP contribution in [0, 0.1) is 0 Å². The van der Waals surface area contributed by atoms with Crippen molar-refractivity contribution >= 4 is 35.1 Å². The number of rotatable bonds is 4. The zero-order chi connectivity index (χ0) is 12.3. The molecule has 0 aliphatic rings. The summed E-state index contributed by atoms with van der Waals surface area (Å²) in [6.07, 6.45) is -8.44. The van der Waals surface area contributed by atoms with Gasteiger partial charge in [-0.25, -0.2) is 14.1 Å². The van der Waals surface area contributed by atoms with Gasteiger partial charge in [0.15, 0.2) is 0 Å². The van der Waals surface area contributed by atoms with Gasteiger partial charge in [0.05, 0.1) is 6.61 Å². The van der Waals surface area contributed by atoms with E-state index >= 15 is 0 Å². The van der Waals surface area contributed by atoms with Gasteiger partial charge < -0.3 is 4.74 Å². The van der Waals surface area contributed by atoms with Crippen LogP contribution in [0.1, 0.15) is 6.92 Å². The molecule has 0 saturated heterocycles. The van der Waals surface area contributed by atoms with Crippen LogP contribution in [-0.4, -0.2) is 52.1 Å². The average molecular weight is 259 g/mol. The van der Waals surface area contributed by atoms with E-state index in [1.54, 1.807) is 0 Å². The molecule has 0 aromatic rings. The first-order chi connectivity index (χ1) is 6.58. The fourth-order valence-corrected chi connectivity index (χ4v) is 1.04. The summed E-state index contributed by atoms with van der Waals surface area (Å²) in [4.78, 5) is 10.7. The number of alkyl halides is 3. The van der Waals surface area contributed by atoms with E-state index in [9.17, 15) is 26.4 Å². The first-order valence-corrected chi connectivity index (χ1v) is 4.99. The van der Waals surface area contributed by atoms with Gasteiger partial charge in [-0.3, -0.25) is 0 Å². The maximum absolute atomic E-state index is 12.1. The number of carbonyl (C=O) groups is 1. The van der Waals surface area contributed by atoms with E-state index in [0.717, 1.165) is 0 Å². The zero-order valence-corrected chi connectivity index (χ0v) is 8.26. The molecule has 0 heterocycles. The van der Waals surface area contributed by atoms with E-state index in [2.05, 4.69) is 14.1 Å². The van der Waals surface area contributed by atoms with E-state index in [4.69, 9.17) is 0 Å². The summed E-state index contributed by atoms with van der Waals surface area (Å²) in [5.41, 5.74) is 0. The van der Waals surface area contributed by atoms with Gasteiger partial charge in [-0.15, -0.1) is 0 Å². The molecule has 0 saturated carbocycles. The summed E-state index contributed by atoms with van der Waals surface area (Å²) in [6, 6.07) is 0. The quantitative estimate of drug-likeness (QED) is 0.519. The van der Waals surface area contributed by atoms with Crippen molar-refractivity contribution in [3.8, 4) is 0 Å². The van der Waals surface area contributed by atoms with Crippen molar-refractivity contribution in [2.45, 2.75) is 19.2 Å². The molecule has 6 nitrogen and oxygen atoms in total. The molecular formula is C5H9F3LiNO5S. The predicted molar refractivity (Wildman–Crippen MR) is 47.8 cm³/mol. The molecule has 0 radical (unpaired) electrons. The van der Waals surface area contributed by atoms with Crippen molar-refractivity contribution in [2.75, 3.05) is 6.61 Å². The Labute approximate surface area is 102 Å². The van der Waals surface area contributed by atoms with Crippen LogP contribution in [0.5, 0.6) is 0 Å². The monoisotopic (exact) mass is 259 g/mol. The van der Waals surface area contributed by atoms with E-state index < -0.39 is 28.6 Å².